The van der Waals surface area contributed by atoms with E-state index >= 15 is 0 Å². The molecular formula is C13H21NO2S. The maximum absolute atomic E-state index is 10.2. The Morgan fingerprint density at radius 2 is 2.53 bits per heavy atom. The van der Waals surface area contributed by atoms with Crippen molar-refractivity contribution in [1.29, 1.82) is 0 Å². The summed E-state index contributed by atoms with van der Waals surface area (Å²) in [5.74, 6) is 0. The molecule has 2 atom stereocenters. The van der Waals surface area contributed by atoms with Gasteiger partial charge in [-0.3, -0.25) is 4.90 Å². The lowest BCUT2D eigenvalue weighted by atomic mass is 10.1. The Bertz CT molecular complexity index is 313. The summed E-state index contributed by atoms with van der Waals surface area (Å²) in [5.41, 5.74) is 0. The predicted octanol–water partition coefficient (Wildman–Crippen LogP) is 1.76. The number of ether oxygens (including phenoxy) is 1. The highest BCUT2D eigenvalue weighted by Gasteiger charge is 2.26. The van der Waals surface area contributed by atoms with E-state index in [1.165, 1.54) is 4.88 Å². The van der Waals surface area contributed by atoms with Gasteiger partial charge >= 0.3 is 0 Å². The first-order valence-electron chi connectivity index (χ1n) is 6.34. The van der Waals surface area contributed by atoms with Crippen molar-refractivity contribution in [3.05, 3.63) is 22.4 Å². The van der Waals surface area contributed by atoms with E-state index in [4.69, 9.17) is 4.74 Å². The van der Waals surface area contributed by atoms with Crippen molar-refractivity contribution in [2.75, 3.05) is 26.2 Å². The van der Waals surface area contributed by atoms with E-state index in [9.17, 15) is 5.11 Å². The SMILES string of the molecule is CCCN1CCOC(C(O)Cc2cccs2)C1. The van der Waals surface area contributed by atoms with E-state index in [1.54, 1.807) is 11.3 Å². The van der Waals surface area contributed by atoms with Gasteiger partial charge in [0.05, 0.1) is 18.8 Å². The van der Waals surface area contributed by atoms with Gasteiger partial charge in [-0.15, -0.1) is 11.3 Å². The zero-order valence-electron chi connectivity index (χ0n) is 10.3. The third kappa shape index (κ3) is 3.78. The summed E-state index contributed by atoms with van der Waals surface area (Å²) in [6.45, 7) is 5.89. The lowest BCUT2D eigenvalue weighted by Crippen LogP contribution is -2.48. The fourth-order valence-electron chi connectivity index (χ4n) is 2.25. The molecule has 17 heavy (non-hydrogen) atoms. The molecule has 0 radical (unpaired) electrons. The van der Waals surface area contributed by atoms with Gasteiger partial charge in [0.25, 0.3) is 0 Å². The quantitative estimate of drug-likeness (QED) is 0.870. The van der Waals surface area contributed by atoms with Gasteiger partial charge in [-0.05, 0) is 24.4 Å². The molecule has 2 unspecified atom stereocenters. The molecule has 1 aromatic rings. The smallest absolute Gasteiger partial charge is 0.0964 e. The van der Waals surface area contributed by atoms with Gasteiger partial charge in [0.2, 0.25) is 0 Å². The average molecular weight is 255 g/mol. The fraction of sp³-hybridized carbons (Fsp3) is 0.692. The number of aliphatic hydroxyl groups excluding tert-OH is 1. The summed E-state index contributed by atoms with van der Waals surface area (Å²) in [6.07, 6.45) is 1.46. The lowest BCUT2D eigenvalue weighted by Gasteiger charge is -2.35. The Balaban J connectivity index is 1.84. The van der Waals surface area contributed by atoms with Crippen LogP contribution in [0, 0.1) is 0 Å². The standard InChI is InChI=1S/C13H21NO2S/c1-2-5-14-6-7-16-13(10-14)12(15)9-11-4-3-8-17-11/h3-4,8,12-13,15H,2,5-7,9-10H2,1H3. The van der Waals surface area contributed by atoms with Crippen molar-refractivity contribution in [2.24, 2.45) is 0 Å². The van der Waals surface area contributed by atoms with Gasteiger partial charge in [0.1, 0.15) is 0 Å². The van der Waals surface area contributed by atoms with Gasteiger partial charge < -0.3 is 9.84 Å². The Labute approximate surface area is 107 Å². The lowest BCUT2D eigenvalue weighted by molar-refractivity contribution is -0.0875. The highest BCUT2D eigenvalue weighted by atomic mass is 32.1. The molecule has 1 fully saturated rings. The van der Waals surface area contributed by atoms with Crippen molar-refractivity contribution in [2.45, 2.75) is 32.0 Å². The number of aliphatic hydroxyl groups is 1. The second kappa shape index (κ2) is 6.50. The monoisotopic (exact) mass is 255 g/mol. The Morgan fingerprint density at radius 3 is 3.24 bits per heavy atom. The van der Waals surface area contributed by atoms with Crippen LogP contribution >= 0.6 is 11.3 Å². The Morgan fingerprint density at radius 1 is 1.65 bits per heavy atom. The van der Waals surface area contributed by atoms with E-state index in [2.05, 4.69) is 17.9 Å². The van der Waals surface area contributed by atoms with Crippen LogP contribution in [0.2, 0.25) is 0 Å². The van der Waals surface area contributed by atoms with Crippen molar-refractivity contribution < 1.29 is 9.84 Å². The van der Waals surface area contributed by atoms with Gasteiger partial charge in [0, 0.05) is 24.4 Å². The summed E-state index contributed by atoms with van der Waals surface area (Å²) < 4.78 is 5.68. The number of thiophene rings is 1. The normalized spacial score (nSPS) is 23.8. The fourth-order valence-corrected chi connectivity index (χ4v) is 3.01. The minimum Gasteiger partial charge on any atom is -0.390 e. The molecule has 1 aliphatic heterocycles. The zero-order valence-corrected chi connectivity index (χ0v) is 11.2. The first-order chi connectivity index (χ1) is 8.29. The number of nitrogens with zero attached hydrogens (tertiary/aromatic N) is 1. The summed E-state index contributed by atoms with van der Waals surface area (Å²) in [5, 5.41) is 12.2. The molecule has 0 aromatic carbocycles. The number of hydrogen-bond acceptors (Lipinski definition) is 4. The van der Waals surface area contributed by atoms with Crippen LogP contribution in [0.15, 0.2) is 17.5 Å². The molecule has 96 valence electrons. The summed E-state index contributed by atoms with van der Waals surface area (Å²) >= 11 is 1.70. The molecule has 1 N–H and O–H groups in total. The molecule has 0 aliphatic carbocycles. The maximum atomic E-state index is 10.2. The summed E-state index contributed by atoms with van der Waals surface area (Å²) in [6, 6.07) is 4.10. The van der Waals surface area contributed by atoms with Crippen LogP contribution in [-0.4, -0.2) is 48.5 Å². The van der Waals surface area contributed by atoms with Crippen LogP contribution in [0.5, 0.6) is 0 Å². The third-order valence-corrected chi connectivity index (χ3v) is 4.04. The van der Waals surface area contributed by atoms with Crippen molar-refractivity contribution in [1.82, 2.24) is 4.90 Å². The molecule has 4 heteroatoms. The molecule has 1 aliphatic rings. The molecule has 0 saturated carbocycles. The van der Waals surface area contributed by atoms with Crippen molar-refractivity contribution >= 4 is 11.3 Å². The van der Waals surface area contributed by atoms with Crippen molar-refractivity contribution in [3.63, 3.8) is 0 Å². The highest BCUT2D eigenvalue weighted by molar-refractivity contribution is 7.09. The van der Waals surface area contributed by atoms with E-state index in [1.807, 2.05) is 11.4 Å². The number of morpholine rings is 1. The molecule has 0 amide bonds. The maximum Gasteiger partial charge on any atom is 0.0964 e. The van der Waals surface area contributed by atoms with E-state index in [0.29, 0.717) is 6.42 Å². The van der Waals surface area contributed by atoms with Crippen LogP contribution in [0.4, 0.5) is 0 Å². The molecule has 1 saturated heterocycles. The topological polar surface area (TPSA) is 32.7 Å². The van der Waals surface area contributed by atoms with Gasteiger partial charge in [0.15, 0.2) is 0 Å². The van der Waals surface area contributed by atoms with Crippen LogP contribution in [0.1, 0.15) is 18.2 Å². The first kappa shape index (κ1) is 13.0. The van der Waals surface area contributed by atoms with Gasteiger partial charge in [-0.2, -0.15) is 0 Å². The van der Waals surface area contributed by atoms with Crippen molar-refractivity contribution in [3.8, 4) is 0 Å². The Hall–Kier alpha value is -0.420. The second-order valence-corrected chi connectivity index (χ2v) is 5.59. The minimum atomic E-state index is -0.381. The van der Waals surface area contributed by atoms with Crippen LogP contribution in [0.25, 0.3) is 0 Å². The van der Waals surface area contributed by atoms with E-state index in [-0.39, 0.29) is 12.2 Å². The number of rotatable bonds is 5. The summed E-state index contributed by atoms with van der Waals surface area (Å²) in [4.78, 5) is 3.61. The minimum absolute atomic E-state index is 0.0302. The second-order valence-electron chi connectivity index (χ2n) is 4.56. The van der Waals surface area contributed by atoms with Crippen LogP contribution < -0.4 is 0 Å². The number of hydrogen-bond donors (Lipinski definition) is 1. The Kier molecular flexibility index (Phi) is 4.98. The zero-order chi connectivity index (χ0) is 12.1. The molecule has 2 heterocycles. The summed E-state index contributed by atoms with van der Waals surface area (Å²) in [7, 11) is 0. The third-order valence-electron chi connectivity index (χ3n) is 3.14. The van der Waals surface area contributed by atoms with Gasteiger partial charge in [-0.25, -0.2) is 0 Å². The molecule has 0 bridgehead atoms. The van der Waals surface area contributed by atoms with E-state index in [0.717, 1.165) is 32.7 Å². The highest BCUT2D eigenvalue weighted by Crippen LogP contribution is 2.16. The predicted molar refractivity (Wildman–Crippen MR) is 70.5 cm³/mol. The molecule has 1 aromatic heterocycles. The molecular weight excluding hydrogens is 234 g/mol. The largest absolute Gasteiger partial charge is 0.390 e. The molecule has 3 nitrogen and oxygen atoms in total. The first-order valence-corrected chi connectivity index (χ1v) is 7.22. The van der Waals surface area contributed by atoms with Gasteiger partial charge in [-0.1, -0.05) is 13.0 Å². The van der Waals surface area contributed by atoms with E-state index < -0.39 is 0 Å². The van der Waals surface area contributed by atoms with Crippen LogP contribution in [-0.2, 0) is 11.2 Å². The molecule has 2 rings (SSSR count). The van der Waals surface area contributed by atoms with Crippen LogP contribution in [0.3, 0.4) is 0 Å². The average Bonchev–Trinajstić information content (AvgIpc) is 2.83. The molecule has 0 spiro atoms.